The van der Waals surface area contributed by atoms with Crippen LogP contribution < -0.4 is 5.43 Å². The van der Waals surface area contributed by atoms with E-state index in [1.54, 1.807) is 20.8 Å². The molecule has 0 fully saturated rings. The van der Waals surface area contributed by atoms with Gasteiger partial charge in [0, 0.05) is 23.3 Å². The van der Waals surface area contributed by atoms with Crippen LogP contribution in [-0.2, 0) is 0 Å². The summed E-state index contributed by atoms with van der Waals surface area (Å²) in [7, 11) is 0. The highest BCUT2D eigenvalue weighted by molar-refractivity contribution is 5.93. The Kier molecular flexibility index (Phi) is 3.59. The summed E-state index contributed by atoms with van der Waals surface area (Å²) in [6.45, 7) is 5.20. The number of aryl methyl sites for hydroxylation is 3. The Labute approximate surface area is 154 Å². The van der Waals surface area contributed by atoms with Crippen molar-refractivity contribution in [3.05, 3.63) is 57.2 Å². The first kappa shape index (κ1) is 16.9. The van der Waals surface area contributed by atoms with E-state index >= 15 is 0 Å². The molecule has 0 spiro atoms. The summed E-state index contributed by atoms with van der Waals surface area (Å²) in [6, 6.07) is 7.26. The normalized spacial score (nSPS) is 11.4. The van der Waals surface area contributed by atoms with Crippen LogP contribution in [0.3, 0.4) is 0 Å². The zero-order chi connectivity index (χ0) is 19.5. The zero-order valence-corrected chi connectivity index (χ0v) is 15.0. The third-order valence-electron chi connectivity index (χ3n) is 4.65. The summed E-state index contributed by atoms with van der Waals surface area (Å²) in [4.78, 5) is 16.3. The lowest BCUT2D eigenvalue weighted by Gasteiger charge is -2.16. The molecule has 2 aromatic carbocycles. The van der Waals surface area contributed by atoms with Crippen molar-refractivity contribution in [3.8, 4) is 39.8 Å². The quantitative estimate of drug-likeness (QED) is 0.442. The van der Waals surface area contributed by atoms with Gasteiger partial charge in [-0.05, 0) is 50.1 Å². The third kappa shape index (κ3) is 2.57. The van der Waals surface area contributed by atoms with Gasteiger partial charge in [0.1, 0.15) is 28.5 Å². The SMILES string of the molecule is Cc1cc(O)c(-c2c(O)cc3nc4c(C)cc(=O)cc-4oc3c2C)c(O)c1. The van der Waals surface area contributed by atoms with Crippen LogP contribution in [0.25, 0.3) is 33.7 Å². The topological polar surface area (TPSA) is 104 Å². The molecule has 0 atom stereocenters. The maximum absolute atomic E-state index is 11.8. The fourth-order valence-corrected chi connectivity index (χ4v) is 3.46. The molecule has 3 N–H and O–H groups in total. The molecule has 1 aliphatic carbocycles. The molecule has 136 valence electrons. The van der Waals surface area contributed by atoms with E-state index in [0.717, 1.165) is 0 Å². The Bertz CT molecular complexity index is 1230. The van der Waals surface area contributed by atoms with Crippen LogP contribution in [0.15, 0.2) is 39.5 Å². The van der Waals surface area contributed by atoms with Crippen molar-refractivity contribution in [2.75, 3.05) is 0 Å². The van der Waals surface area contributed by atoms with Gasteiger partial charge in [0.25, 0.3) is 0 Å². The number of phenols is 3. The minimum absolute atomic E-state index is 0.113. The summed E-state index contributed by atoms with van der Waals surface area (Å²) in [5.41, 5.74) is 3.33. The molecule has 0 radical (unpaired) electrons. The van der Waals surface area contributed by atoms with Gasteiger partial charge in [-0.1, -0.05) is 0 Å². The summed E-state index contributed by atoms with van der Waals surface area (Å²) < 4.78 is 5.92. The first-order valence-corrected chi connectivity index (χ1v) is 8.37. The number of phenolic OH excluding ortho intramolecular Hbond substituents is 3. The predicted octanol–water partition coefficient (Wildman–Crippen LogP) is 4.00. The number of hydrogen-bond acceptors (Lipinski definition) is 6. The van der Waals surface area contributed by atoms with Gasteiger partial charge in [-0.25, -0.2) is 4.98 Å². The summed E-state index contributed by atoms with van der Waals surface area (Å²) in [5, 5.41) is 31.3. The van der Waals surface area contributed by atoms with Crippen molar-refractivity contribution in [1.82, 2.24) is 4.98 Å². The molecule has 2 aromatic rings. The van der Waals surface area contributed by atoms with Gasteiger partial charge in [0.2, 0.25) is 0 Å². The smallest absolute Gasteiger partial charge is 0.182 e. The highest BCUT2D eigenvalue weighted by Gasteiger charge is 2.22. The highest BCUT2D eigenvalue weighted by Crippen LogP contribution is 2.46. The van der Waals surface area contributed by atoms with Crippen LogP contribution in [-0.4, -0.2) is 20.3 Å². The molecular formula is C21H17NO5. The monoisotopic (exact) mass is 363 g/mol. The van der Waals surface area contributed by atoms with Gasteiger partial charge in [-0.2, -0.15) is 0 Å². The van der Waals surface area contributed by atoms with Crippen molar-refractivity contribution >= 4 is 11.1 Å². The van der Waals surface area contributed by atoms with Crippen molar-refractivity contribution in [3.63, 3.8) is 0 Å². The molecule has 0 aromatic heterocycles. The minimum Gasteiger partial charge on any atom is -0.507 e. The van der Waals surface area contributed by atoms with Crippen LogP contribution in [0.5, 0.6) is 17.2 Å². The second-order valence-corrected chi connectivity index (χ2v) is 6.72. The van der Waals surface area contributed by atoms with E-state index in [9.17, 15) is 20.1 Å². The van der Waals surface area contributed by atoms with Crippen molar-refractivity contribution in [2.24, 2.45) is 0 Å². The van der Waals surface area contributed by atoms with E-state index in [2.05, 4.69) is 4.98 Å². The van der Waals surface area contributed by atoms with E-state index in [1.165, 1.54) is 30.3 Å². The summed E-state index contributed by atoms with van der Waals surface area (Å²) >= 11 is 0. The predicted molar refractivity (Wildman–Crippen MR) is 102 cm³/mol. The number of rotatable bonds is 1. The molecule has 1 heterocycles. The number of nitrogens with zero attached hydrogens (tertiary/aromatic N) is 1. The molecule has 4 rings (SSSR count). The highest BCUT2D eigenvalue weighted by atomic mass is 16.3. The van der Waals surface area contributed by atoms with Crippen molar-refractivity contribution in [2.45, 2.75) is 20.8 Å². The Morgan fingerprint density at radius 2 is 1.48 bits per heavy atom. The number of benzene rings is 3. The molecule has 6 heteroatoms. The van der Waals surface area contributed by atoms with Crippen LogP contribution in [0, 0.1) is 20.8 Å². The Balaban J connectivity index is 2.12. The van der Waals surface area contributed by atoms with E-state index in [-0.39, 0.29) is 33.8 Å². The zero-order valence-electron chi connectivity index (χ0n) is 15.0. The van der Waals surface area contributed by atoms with Crippen molar-refractivity contribution in [1.29, 1.82) is 0 Å². The van der Waals surface area contributed by atoms with E-state index in [0.29, 0.717) is 39.2 Å². The average molecular weight is 363 g/mol. The van der Waals surface area contributed by atoms with Gasteiger partial charge < -0.3 is 19.7 Å². The summed E-state index contributed by atoms with van der Waals surface area (Å²) in [6.07, 6.45) is 0. The molecule has 0 unspecified atom stereocenters. The number of fused-ring (bicyclic) bond motifs is 2. The van der Waals surface area contributed by atoms with Crippen LogP contribution in [0.2, 0.25) is 0 Å². The first-order chi connectivity index (χ1) is 12.8. The fraction of sp³-hybridized carbons (Fsp3) is 0.143. The number of hydrogen-bond donors (Lipinski definition) is 3. The van der Waals surface area contributed by atoms with Gasteiger partial charge in [0.05, 0.1) is 5.56 Å². The second-order valence-electron chi connectivity index (χ2n) is 6.72. The molecular weight excluding hydrogens is 346 g/mol. The molecule has 0 saturated heterocycles. The fourth-order valence-electron chi connectivity index (χ4n) is 3.46. The third-order valence-corrected chi connectivity index (χ3v) is 4.65. The van der Waals surface area contributed by atoms with Crippen LogP contribution in [0.1, 0.15) is 16.7 Å². The molecule has 0 saturated carbocycles. The lowest BCUT2D eigenvalue weighted by Crippen LogP contribution is -2.03. The molecule has 0 amide bonds. The van der Waals surface area contributed by atoms with E-state index in [1.807, 2.05) is 0 Å². The van der Waals surface area contributed by atoms with Gasteiger partial charge >= 0.3 is 0 Å². The molecule has 27 heavy (non-hydrogen) atoms. The standard InChI is InChI=1S/C21H17NO5/c1-9-4-14(24)19(15(25)5-9)18-11(3)21-13(8-16(18)26)22-20-10(2)6-12(23)7-17(20)27-21/h4-8,24-26H,1-3H3. The number of aromatic hydroxyl groups is 3. The number of aromatic nitrogens is 1. The van der Waals surface area contributed by atoms with Gasteiger partial charge in [-0.15, -0.1) is 0 Å². The maximum Gasteiger partial charge on any atom is 0.182 e. The molecule has 2 aliphatic rings. The van der Waals surface area contributed by atoms with Crippen LogP contribution in [0.4, 0.5) is 0 Å². The van der Waals surface area contributed by atoms with Crippen molar-refractivity contribution < 1.29 is 19.7 Å². The summed E-state index contributed by atoms with van der Waals surface area (Å²) in [5.74, 6) is -0.118. The lowest BCUT2D eigenvalue weighted by molar-refractivity contribution is 0.449. The van der Waals surface area contributed by atoms with E-state index in [4.69, 9.17) is 4.42 Å². The Morgan fingerprint density at radius 1 is 0.852 bits per heavy atom. The first-order valence-electron chi connectivity index (χ1n) is 8.37. The second kappa shape index (κ2) is 5.74. The molecule has 6 nitrogen and oxygen atoms in total. The van der Waals surface area contributed by atoms with Crippen LogP contribution >= 0.6 is 0 Å². The largest absolute Gasteiger partial charge is 0.507 e. The molecule has 1 aliphatic heterocycles. The maximum atomic E-state index is 11.8. The molecule has 0 bridgehead atoms. The van der Waals surface area contributed by atoms with Gasteiger partial charge in [0.15, 0.2) is 16.8 Å². The Morgan fingerprint density at radius 3 is 2.15 bits per heavy atom. The lowest BCUT2D eigenvalue weighted by atomic mass is 9.95. The average Bonchev–Trinajstić information content (AvgIpc) is 2.56. The van der Waals surface area contributed by atoms with Gasteiger partial charge in [-0.3, -0.25) is 4.79 Å². The van der Waals surface area contributed by atoms with E-state index < -0.39 is 0 Å². The minimum atomic E-state index is -0.185. The Hall–Kier alpha value is -3.54.